The third kappa shape index (κ3) is 4.50. The Balaban J connectivity index is 1.59. The van der Waals surface area contributed by atoms with E-state index in [1.54, 1.807) is 36.4 Å². The van der Waals surface area contributed by atoms with E-state index in [1.165, 1.54) is 29.4 Å². The largest absolute Gasteiger partial charge is 0.445 e. The average Bonchev–Trinajstić information content (AvgIpc) is 3.30. The Morgan fingerprint density at radius 3 is 2.48 bits per heavy atom. The van der Waals surface area contributed by atoms with Crippen LogP contribution < -0.4 is 10.3 Å². The highest BCUT2D eigenvalue weighted by molar-refractivity contribution is 6.06. The Kier molecular flexibility index (Phi) is 5.83. The van der Waals surface area contributed by atoms with Gasteiger partial charge in [-0.25, -0.2) is 13.2 Å². The molecule has 1 aliphatic rings. The number of rotatable bonds is 6. The zero-order valence-electron chi connectivity index (χ0n) is 16.1. The van der Waals surface area contributed by atoms with Gasteiger partial charge in [0.2, 0.25) is 12.1 Å². The van der Waals surface area contributed by atoms with Gasteiger partial charge in [0.05, 0.1) is 6.54 Å². The van der Waals surface area contributed by atoms with Crippen molar-refractivity contribution < 1.29 is 22.7 Å². The van der Waals surface area contributed by atoms with Crippen LogP contribution in [0.1, 0.15) is 21.5 Å². The maximum absolute atomic E-state index is 14.9. The lowest BCUT2D eigenvalue weighted by Crippen LogP contribution is -2.31. The number of alkyl halides is 2. The molecule has 2 heterocycles. The van der Waals surface area contributed by atoms with Crippen LogP contribution in [0.5, 0.6) is 0 Å². The average molecular weight is 426 g/mol. The highest BCUT2D eigenvalue weighted by Gasteiger charge is 2.29. The van der Waals surface area contributed by atoms with Crippen LogP contribution in [0, 0.1) is 5.82 Å². The van der Waals surface area contributed by atoms with E-state index in [9.17, 15) is 18.0 Å². The summed E-state index contributed by atoms with van der Waals surface area (Å²) in [6, 6.07) is 16.2. The summed E-state index contributed by atoms with van der Waals surface area (Å²) in [5, 5.41) is 3.68. The van der Waals surface area contributed by atoms with Crippen molar-refractivity contribution in [1.82, 2.24) is 10.4 Å². The number of hydrogen-bond donors (Lipinski definition) is 1. The smallest absolute Gasteiger partial charge is 0.294 e. The van der Waals surface area contributed by atoms with E-state index < -0.39 is 18.5 Å². The van der Waals surface area contributed by atoms with Crippen molar-refractivity contribution in [2.75, 3.05) is 4.90 Å². The second-order valence-corrected chi connectivity index (χ2v) is 6.69. The molecule has 1 aromatic heterocycles. The molecule has 1 atom stereocenters. The maximum Gasteiger partial charge on any atom is 0.294 e. The zero-order chi connectivity index (χ0) is 21.8. The quantitative estimate of drug-likeness (QED) is 0.649. The van der Waals surface area contributed by atoms with Crippen LogP contribution in [0.4, 0.5) is 18.9 Å². The maximum atomic E-state index is 14.9. The van der Waals surface area contributed by atoms with Crippen molar-refractivity contribution >= 4 is 17.5 Å². The Hall–Kier alpha value is -3.88. The molecule has 1 amide bonds. The summed E-state index contributed by atoms with van der Waals surface area (Å²) < 4.78 is 45.3. The van der Waals surface area contributed by atoms with Crippen molar-refractivity contribution in [3.05, 3.63) is 95.6 Å². The number of nitrogens with zero attached hydrogens (tertiary/aromatic N) is 3. The summed E-state index contributed by atoms with van der Waals surface area (Å²) in [5.74, 6) is -1.05. The number of para-hydroxylation sites is 1. The van der Waals surface area contributed by atoms with E-state index in [4.69, 9.17) is 4.74 Å². The van der Waals surface area contributed by atoms with Crippen LogP contribution in [0.3, 0.4) is 0 Å². The highest BCUT2D eigenvalue weighted by atomic mass is 19.3. The molecule has 4 rings (SSSR count). The molecule has 1 N–H and O–H groups in total. The van der Waals surface area contributed by atoms with Gasteiger partial charge in [-0.1, -0.05) is 24.3 Å². The van der Waals surface area contributed by atoms with Crippen LogP contribution in [0.25, 0.3) is 0 Å². The number of amides is 1. The standard InChI is InChI=1S/C22H17F3N4O2/c23-18-12-15(20-27-28-21(31-20)19(24)25)6-7-16(18)13-29(17-4-2-1-3-5-17)22(30)14-8-10-26-11-9-14/h1-12,19,21,28H,13H2. The molecule has 9 heteroatoms. The second-order valence-electron chi connectivity index (χ2n) is 6.69. The molecule has 1 aliphatic heterocycles. The molecule has 1 unspecified atom stereocenters. The predicted octanol–water partition coefficient (Wildman–Crippen LogP) is 3.94. The molecule has 6 nitrogen and oxygen atoms in total. The summed E-state index contributed by atoms with van der Waals surface area (Å²) >= 11 is 0. The van der Waals surface area contributed by atoms with E-state index >= 15 is 0 Å². The highest BCUT2D eigenvalue weighted by Crippen LogP contribution is 2.23. The number of carbonyl (C=O) groups excluding carboxylic acids is 1. The van der Waals surface area contributed by atoms with Crippen molar-refractivity contribution in [1.29, 1.82) is 0 Å². The molecule has 31 heavy (non-hydrogen) atoms. The minimum atomic E-state index is -2.77. The lowest BCUT2D eigenvalue weighted by atomic mass is 10.1. The third-order valence-corrected chi connectivity index (χ3v) is 4.63. The Morgan fingerprint density at radius 2 is 1.84 bits per heavy atom. The van der Waals surface area contributed by atoms with Crippen molar-refractivity contribution in [2.24, 2.45) is 5.10 Å². The molecule has 158 valence electrons. The van der Waals surface area contributed by atoms with Crippen molar-refractivity contribution in [3.8, 4) is 0 Å². The van der Waals surface area contributed by atoms with Crippen LogP contribution in [0.15, 0.2) is 78.2 Å². The van der Waals surface area contributed by atoms with Gasteiger partial charge in [0.1, 0.15) is 5.82 Å². The van der Waals surface area contributed by atoms with Crippen molar-refractivity contribution in [2.45, 2.75) is 19.2 Å². The zero-order valence-corrected chi connectivity index (χ0v) is 16.1. The predicted molar refractivity (Wildman–Crippen MR) is 108 cm³/mol. The number of halogens is 3. The molecule has 0 bridgehead atoms. The summed E-state index contributed by atoms with van der Waals surface area (Å²) in [7, 11) is 0. The Bertz CT molecular complexity index is 1090. The molecule has 0 aliphatic carbocycles. The van der Waals surface area contributed by atoms with Crippen LogP contribution in [-0.2, 0) is 11.3 Å². The van der Waals surface area contributed by atoms with E-state index in [0.717, 1.165) is 6.07 Å². The van der Waals surface area contributed by atoms with Gasteiger partial charge in [0, 0.05) is 34.8 Å². The first-order valence-electron chi connectivity index (χ1n) is 9.36. The number of benzene rings is 2. The number of aromatic nitrogens is 1. The monoisotopic (exact) mass is 426 g/mol. The summed E-state index contributed by atoms with van der Waals surface area (Å²) in [5.41, 5.74) is 3.62. The van der Waals surface area contributed by atoms with Crippen LogP contribution in [-0.4, -0.2) is 29.4 Å². The molecule has 0 radical (unpaired) electrons. The molecule has 0 saturated heterocycles. The molecule has 0 fully saturated rings. The minimum absolute atomic E-state index is 0.0392. The minimum Gasteiger partial charge on any atom is -0.445 e. The van der Waals surface area contributed by atoms with Crippen LogP contribution in [0.2, 0.25) is 0 Å². The van der Waals surface area contributed by atoms with Crippen molar-refractivity contribution in [3.63, 3.8) is 0 Å². The fourth-order valence-electron chi connectivity index (χ4n) is 3.05. The number of ether oxygens (including phenoxy) is 1. The van der Waals surface area contributed by atoms with E-state index in [2.05, 4.69) is 15.5 Å². The Labute approximate surface area is 176 Å². The van der Waals surface area contributed by atoms with Crippen LogP contribution >= 0.6 is 0 Å². The van der Waals surface area contributed by atoms with Gasteiger partial charge >= 0.3 is 0 Å². The van der Waals surface area contributed by atoms with Gasteiger partial charge in [0.15, 0.2) is 0 Å². The third-order valence-electron chi connectivity index (χ3n) is 4.63. The number of hydrazone groups is 1. The van der Waals surface area contributed by atoms with E-state index in [-0.39, 0.29) is 29.5 Å². The normalized spacial score (nSPS) is 15.2. The second kappa shape index (κ2) is 8.86. The van der Waals surface area contributed by atoms with E-state index in [1.807, 2.05) is 6.07 Å². The summed E-state index contributed by atoms with van der Waals surface area (Å²) in [4.78, 5) is 18.5. The number of anilines is 1. The first-order valence-corrected chi connectivity index (χ1v) is 9.36. The van der Waals surface area contributed by atoms with Gasteiger partial charge < -0.3 is 9.64 Å². The molecular formula is C22H17F3N4O2. The number of nitrogens with one attached hydrogen (secondary N) is 1. The van der Waals surface area contributed by atoms with Gasteiger partial charge in [-0.05, 0) is 36.4 Å². The van der Waals surface area contributed by atoms with Gasteiger partial charge in [-0.2, -0.15) is 0 Å². The lowest BCUT2D eigenvalue weighted by molar-refractivity contribution is 0.000583. The first kappa shape index (κ1) is 20.4. The fourth-order valence-corrected chi connectivity index (χ4v) is 3.05. The number of hydrogen-bond acceptors (Lipinski definition) is 5. The fraction of sp³-hybridized carbons (Fsp3) is 0.136. The topological polar surface area (TPSA) is 66.8 Å². The summed E-state index contributed by atoms with van der Waals surface area (Å²) in [6.45, 7) is -0.0392. The molecule has 2 aromatic carbocycles. The molecule has 0 saturated carbocycles. The lowest BCUT2D eigenvalue weighted by Gasteiger charge is -2.23. The number of pyridine rings is 1. The van der Waals surface area contributed by atoms with Gasteiger partial charge in [0.25, 0.3) is 12.3 Å². The first-order chi connectivity index (χ1) is 15.0. The molecular weight excluding hydrogens is 409 g/mol. The van der Waals surface area contributed by atoms with E-state index in [0.29, 0.717) is 11.3 Å². The van der Waals surface area contributed by atoms with Gasteiger partial charge in [-0.3, -0.25) is 15.2 Å². The summed E-state index contributed by atoms with van der Waals surface area (Å²) in [6.07, 6.45) is -1.32. The number of carbonyl (C=O) groups is 1. The SMILES string of the molecule is O=C(c1ccncc1)N(Cc1ccc(C2=NNC(C(F)F)O2)cc1F)c1ccccc1. The molecule has 0 spiro atoms. The molecule has 3 aromatic rings. The Morgan fingerprint density at radius 1 is 1.10 bits per heavy atom. The van der Waals surface area contributed by atoms with Gasteiger partial charge in [-0.15, -0.1) is 5.10 Å².